The van der Waals surface area contributed by atoms with Crippen LogP contribution in [0.3, 0.4) is 0 Å². The van der Waals surface area contributed by atoms with Crippen molar-refractivity contribution in [3.63, 3.8) is 0 Å². The van der Waals surface area contributed by atoms with Gasteiger partial charge in [0.25, 0.3) is 0 Å². The van der Waals surface area contributed by atoms with Crippen LogP contribution in [0, 0.1) is 17.1 Å². The highest BCUT2D eigenvalue weighted by Crippen LogP contribution is 2.31. The molecule has 0 spiro atoms. The Morgan fingerprint density at radius 2 is 2.00 bits per heavy atom. The third kappa shape index (κ3) is 1.63. The van der Waals surface area contributed by atoms with Gasteiger partial charge in [-0.25, -0.2) is 9.37 Å². The van der Waals surface area contributed by atoms with Gasteiger partial charge < -0.3 is 16.5 Å². The Labute approximate surface area is 112 Å². The number of H-pyrrole nitrogens is 1. The third-order valence-electron chi connectivity index (χ3n) is 2.99. The van der Waals surface area contributed by atoms with Gasteiger partial charge in [-0.3, -0.25) is 0 Å². The zero-order chi connectivity index (χ0) is 14.3. The van der Waals surface area contributed by atoms with Gasteiger partial charge in [0.2, 0.25) is 5.95 Å². The van der Waals surface area contributed by atoms with E-state index in [1.54, 1.807) is 12.3 Å². The maximum Gasteiger partial charge on any atom is 0.222 e. The number of aromatic amines is 1. The van der Waals surface area contributed by atoms with Crippen molar-refractivity contribution in [2.75, 3.05) is 11.5 Å². The summed E-state index contributed by atoms with van der Waals surface area (Å²) in [6.45, 7) is 0. The largest absolute Gasteiger partial charge is 0.382 e. The van der Waals surface area contributed by atoms with Gasteiger partial charge in [0.1, 0.15) is 23.3 Å². The van der Waals surface area contributed by atoms with E-state index in [0.29, 0.717) is 16.5 Å². The molecule has 0 bridgehead atoms. The second kappa shape index (κ2) is 4.20. The minimum absolute atomic E-state index is 0.000897. The number of nitriles is 1. The summed E-state index contributed by atoms with van der Waals surface area (Å²) in [5.74, 6) is -0.405. The first kappa shape index (κ1) is 11.9. The van der Waals surface area contributed by atoms with E-state index in [4.69, 9.17) is 11.5 Å². The van der Waals surface area contributed by atoms with Crippen LogP contribution in [0.5, 0.6) is 0 Å². The van der Waals surface area contributed by atoms with Crippen LogP contribution < -0.4 is 11.5 Å². The summed E-state index contributed by atoms with van der Waals surface area (Å²) in [6, 6.07) is 6.38. The molecule has 0 aliphatic heterocycles. The molecule has 2 heterocycles. The van der Waals surface area contributed by atoms with Crippen LogP contribution in [0.2, 0.25) is 0 Å². The Balaban J connectivity index is 2.40. The number of hydrogen-bond donors (Lipinski definition) is 3. The molecule has 0 saturated heterocycles. The number of anilines is 2. The molecule has 0 aliphatic rings. The van der Waals surface area contributed by atoms with Gasteiger partial charge in [0.15, 0.2) is 0 Å². The van der Waals surface area contributed by atoms with Gasteiger partial charge in [-0.1, -0.05) is 0 Å². The van der Waals surface area contributed by atoms with E-state index < -0.39 is 0 Å². The predicted octanol–water partition coefficient (Wildman–Crippen LogP) is 1.80. The topological polar surface area (TPSA) is 117 Å². The number of nitrogens with zero attached hydrogens (tertiary/aromatic N) is 3. The molecule has 0 fully saturated rings. The van der Waals surface area contributed by atoms with E-state index in [2.05, 4.69) is 15.0 Å². The van der Waals surface area contributed by atoms with Crippen LogP contribution in [-0.2, 0) is 0 Å². The van der Waals surface area contributed by atoms with Crippen molar-refractivity contribution < 1.29 is 4.39 Å². The Morgan fingerprint density at radius 1 is 1.20 bits per heavy atom. The second-order valence-corrected chi connectivity index (χ2v) is 4.16. The molecule has 1 aromatic carbocycles. The fourth-order valence-corrected chi connectivity index (χ4v) is 2.12. The maximum atomic E-state index is 13.7. The molecule has 98 valence electrons. The molecule has 6 nitrogen and oxygen atoms in total. The maximum absolute atomic E-state index is 13.7. The van der Waals surface area contributed by atoms with Crippen molar-refractivity contribution in [1.82, 2.24) is 15.0 Å². The van der Waals surface area contributed by atoms with E-state index in [1.165, 1.54) is 12.1 Å². The molecule has 2 aromatic heterocycles. The molecule has 3 aromatic rings. The van der Waals surface area contributed by atoms with Crippen LogP contribution in [0.25, 0.3) is 22.2 Å². The van der Waals surface area contributed by atoms with E-state index >= 15 is 0 Å². The number of nitrogens with two attached hydrogens (primary N) is 2. The number of hydrogen-bond acceptors (Lipinski definition) is 5. The van der Waals surface area contributed by atoms with Crippen molar-refractivity contribution in [2.24, 2.45) is 0 Å². The van der Waals surface area contributed by atoms with Gasteiger partial charge in [0.05, 0.1) is 11.2 Å². The number of nitrogens with one attached hydrogen (secondary N) is 1. The summed E-state index contributed by atoms with van der Waals surface area (Å²) in [4.78, 5) is 10.7. The molecule has 0 amide bonds. The van der Waals surface area contributed by atoms with Crippen molar-refractivity contribution in [3.8, 4) is 17.3 Å². The molecule has 0 saturated carbocycles. The minimum Gasteiger partial charge on any atom is -0.382 e. The summed E-state index contributed by atoms with van der Waals surface area (Å²) in [6.07, 6.45) is 1.61. The zero-order valence-electron chi connectivity index (χ0n) is 10.2. The van der Waals surface area contributed by atoms with Crippen LogP contribution in [0.4, 0.5) is 16.2 Å². The highest BCUT2D eigenvalue weighted by atomic mass is 19.1. The minimum atomic E-state index is -0.362. The van der Waals surface area contributed by atoms with Crippen molar-refractivity contribution in [1.29, 1.82) is 5.26 Å². The van der Waals surface area contributed by atoms with Crippen molar-refractivity contribution in [3.05, 3.63) is 35.8 Å². The first-order chi connectivity index (χ1) is 9.61. The first-order valence-corrected chi connectivity index (χ1v) is 5.71. The number of rotatable bonds is 1. The van der Waals surface area contributed by atoms with Gasteiger partial charge in [-0.2, -0.15) is 10.2 Å². The Kier molecular flexibility index (Phi) is 2.51. The van der Waals surface area contributed by atoms with Crippen LogP contribution in [0.15, 0.2) is 24.4 Å². The summed E-state index contributed by atoms with van der Waals surface area (Å²) >= 11 is 0. The Morgan fingerprint density at radius 3 is 2.75 bits per heavy atom. The lowest BCUT2D eigenvalue weighted by Gasteiger charge is -2.08. The smallest absolute Gasteiger partial charge is 0.222 e. The van der Waals surface area contributed by atoms with E-state index in [9.17, 15) is 9.65 Å². The number of benzene rings is 1. The molecule has 0 atom stereocenters. The van der Waals surface area contributed by atoms with Gasteiger partial charge >= 0.3 is 0 Å². The predicted molar refractivity (Wildman–Crippen MR) is 72.8 cm³/mol. The van der Waals surface area contributed by atoms with Crippen LogP contribution in [0.1, 0.15) is 5.56 Å². The lowest BCUT2D eigenvalue weighted by molar-refractivity contribution is 0.640. The molecule has 3 rings (SSSR count). The summed E-state index contributed by atoms with van der Waals surface area (Å²) in [5.41, 5.74) is 12.7. The molecular weight excluding hydrogens is 259 g/mol. The van der Waals surface area contributed by atoms with Gasteiger partial charge in [-0.15, -0.1) is 0 Å². The molecule has 0 aliphatic carbocycles. The summed E-state index contributed by atoms with van der Waals surface area (Å²) < 4.78 is 13.7. The molecule has 20 heavy (non-hydrogen) atoms. The first-order valence-electron chi connectivity index (χ1n) is 5.71. The fraction of sp³-hybridized carbons (Fsp3) is 0. The SMILES string of the molecule is N#Cc1c(N)nc(N)nc1-c1ccc(F)c2cc[nH]c12. The molecule has 0 unspecified atom stereocenters. The normalized spacial score (nSPS) is 10.6. The Bertz CT molecular complexity index is 861. The number of fused-ring (bicyclic) bond motifs is 1. The molecule has 5 N–H and O–H groups in total. The molecular formula is C13H9FN6. The summed E-state index contributed by atoms with van der Waals surface area (Å²) in [7, 11) is 0. The van der Waals surface area contributed by atoms with Gasteiger partial charge in [-0.05, 0) is 18.2 Å². The number of aromatic nitrogens is 3. The van der Waals surface area contributed by atoms with Crippen LogP contribution in [-0.4, -0.2) is 15.0 Å². The van der Waals surface area contributed by atoms with Crippen molar-refractivity contribution in [2.45, 2.75) is 0 Å². The average molecular weight is 268 g/mol. The highest BCUT2D eigenvalue weighted by Gasteiger charge is 2.17. The highest BCUT2D eigenvalue weighted by molar-refractivity contribution is 5.95. The van der Waals surface area contributed by atoms with E-state index in [1.807, 2.05) is 6.07 Å². The summed E-state index contributed by atoms with van der Waals surface area (Å²) in [5, 5.41) is 9.60. The quantitative estimate of drug-likeness (QED) is 0.622. The number of halogens is 1. The van der Waals surface area contributed by atoms with E-state index in [0.717, 1.165) is 0 Å². The number of nitrogen functional groups attached to an aromatic ring is 2. The standard InChI is InChI=1S/C13H9FN6/c14-9-2-1-7(10-6(9)3-4-18-10)11-8(5-15)12(16)20-13(17)19-11/h1-4,18H,(H4,16,17,19,20). The van der Waals surface area contributed by atoms with Gasteiger partial charge in [0, 0.05) is 17.1 Å². The fourth-order valence-electron chi connectivity index (χ4n) is 2.12. The molecule has 0 radical (unpaired) electrons. The monoisotopic (exact) mass is 268 g/mol. The Hall–Kier alpha value is -3.14. The van der Waals surface area contributed by atoms with E-state index in [-0.39, 0.29) is 28.8 Å². The van der Waals surface area contributed by atoms with Crippen molar-refractivity contribution >= 4 is 22.7 Å². The zero-order valence-corrected chi connectivity index (χ0v) is 10.2. The third-order valence-corrected chi connectivity index (χ3v) is 2.99. The lowest BCUT2D eigenvalue weighted by Crippen LogP contribution is -2.05. The average Bonchev–Trinajstić information content (AvgIpc) is 2.88. The second-order valence-electron chi connectivity index (χ2n) is 4.16. The lowest BCUT2D eigenvalue weighted by atomic mass is 10.0. The molecule has 7 heteroatoms. The van der Waals surface area contributed by atoms with Crippen LogP contribution >= 0.6 is 0 Å².